The van der Waals surface area contributed by atoms with Gasteiger partial charge in [-0.2, -0.15) is 5.10 Å². The fraction of sp³-hybridized carbons (Fsp3) is 0.400. The van der Waals surface area contributed by atoms with Crippen LogP contribution in [0.4, 0.5) is 0 Å². The summed E-state index contributed by atoms with van der Waals surface area (Å²) in [4.78, 5) is 0. The van der Waals surface area contributed by atoms with Crippen molar-refractivity contribution in [2.45, 2.75) is 39.4 Å². The molecule has 0 saturated carbocycles. The van der Waals surface area contributed by atoms with Gasteiger partial charge < -0.3 is 5.32 Å². The standard InChI is InChI=1S/C15H21N3/c1-4-8-12(3)16-11-14-13-9-6-7-10-15(13)18(5-2)17-14/h4,6-7,9-10,12,16H,1,5,8,11H2,2-3H3. The Morgan fingerprint density at radius 2 is 2.22 bits per heavy atom. The number of para-hydroxylation sites is 1. The minimum Gasteiger partial charge on any atom is -0.308 e. The van der Waals surface area contributed by atoms with Crippen LogP contribution in [0.3, 0.4) is 0 Å². The van der Waals surface area contributed by atoms with Gasteiger partial charge in [0, 0.05) is 24.5 Å². The number of hydrogen-bond donors (Lipinski definition) is 1. The molecule has 2 aromatic rings. The molecule has 1 N–H and O–H groups in total. The summed E-state index contributed by atoms with van der Waals surface area (Å²) in [5.41, 5.74) is 2.34. The quantitative estimate of drug-likeness (QED) is 0.790. The average Bonchev–Trinajstić information content (AvgIpc) is 2.75. The van der Waals surface area contributed by atoms with E-state index in [9.17, 15) is 0 Å². The van der Waals surface area contributed by atoms with Gasteiger partial charge in [-0.1, -0.05) is 24.3 Å². The summed E-state index contributed by atoms with van der Waals surface area (Å²) in [6, 6.07) is 8.84. The van der Waals surface area contributed by atoms with Gasteiger partial charge in [0.15, 0.2) is 0 Å². The Balaban J connectivity index is 2.20. The van der Waals surface area contributed by atoms with Gasteiger partial charge in [0.1, 0.15) is 0 Å². The van der Waals surface area contributed by atoms with Crippen LogP contribution in [-0.2, 0) is 13.1 Å². The molecule has 18 heavy (non-hydrogen) atoms. The Labute approximate surface area is 109 Å². The summed E-state index contributed by atoms with van der Waals surface area (Å²) < 4.78 is 2.06. The number of aromatic nitrogens is 2. The molecule has 0 fully saturated rings. The van der Waals surface area contributed by atoms with Crippen molar-refractivity contribution >= 4 is 10.9 Å². The van der Waals surface area contributed by atoms with E-state index in [0.29, 0.717) is 6.04 Å². The predicted octanol–water partition coefficient (Wildman–Crippen LogP) is 3.11. The molecule has 0 aliphatic carbocycles. The van der Waals surface area contributed by atoms with E-state index >= 15 is 0 Å². The molecule has 0 aliphatic heterocycles. The van der Waals surface area contributed by atoms with Crippen LogP contribution in [0.2, 0.25) is 0 Å². The van der Waals surface area contributed by atoms with E-state index in [2.05, 4.69) is 59.8 Å². The van der Waals surface area contributed by atoms with Crippen molar-refractivity contribution in [2.24, 2.45) is 0 Å². The second kappa shape index (κ2) is 5.83. The molecule has 3 heteroatoms. The third-order valence-electron chi connectivity index (χ3n) is 3.17. The first-order chi connectivity index (χ1) is 8.76. The fourth-order valence-electron chi connectivity index (χ4n) is 2.17. The zero-order valence-corrected chi connectivity index (χ0v) is 11.2. The molecule has 0 amide bonds. The summed E-state index contributed by atoms with van der Waals surface area (Å²) in [7, 11) is 0. The molecule has 1 aromatic heterocycles. The average molecular weight is 243 g/mol. The lowest BCUT2D eigenvalue weighted by Crippen LogP contribution is -2.25. The molecule has 0 aliphatic rings. The van der Waals surface area contributed by atoms with Crippen molar-refractivity contribution in [2.75, 3.05) is 0 Å². The molecule has 0 saturated heterocycles. The van der Waals surface area contributed by atoms with Crippen LogP contribution in [0, 0.1) is 0 Å². The number of rotatable bonds is 6. The van der Waals surface area contributed by atoms with E-state index < -0.39 is 0 Å². The molecule has 0 spiro atoms. The molecule has 3 nitrogen and oxygen atoms in total. The normalized spacial score (nSPS) is 12.8. The van der Waals surface area contributed by atoms with Crippen LogP contribution in [0.5, 0.6) is 0 Å². The van der Waals surface area contributed by atoms with Gasteiger partial charge in [-0.25, -0.2) is 0 Å². The van der Waals surface area contributed by atoms with E-state index in [1.165, 1.54) is 10.9 Å². The fourth-order valence-corrected chi connectivity index (χ4v) is 2.17. The molecule has 96 valence electrons. The third kappa shape index (κ3) is 2.62. The van der Waals surface area contributed by atoms with Crippen molar-refractivity contribution in [1.29, 1.82) is 0 Å². The largest absolute Gasteiger partial charge is 0.308 e. The monoisotopic (exact) mass is 243 g/mol. The molecule has 1 heterocycles. The minimum atomic E-state index is 0.438. The minimum absolute atomic E-state index is 0.438. The van der Waals surface area contributed by atoms with Crippen LogP contribution in [0.15, 0.2) is 36.9 Å². The van der Waals surface area contributed by atoms with Crippen molar-refractivity contribution in [1.82, 2.24) is 15.1 Å². The van der Waals surface area contributed by atoms with E-state index in [0.717, 1.165) is 25.2 Å². The molecule has 0 bridgehead atoms. The first-order valence-electron chi connectivity index (χ1n) is 6.55. The number of fused-ring (bicyclic) bond motifs is 1. The Morgan fingerprint density at radius 1 is 1.44 bits per heavy atom. The summed E-state index contributed by atoms with van der Waals surface area (Å²) in [6.45, 7) is 9.77. The summed E-state index contributed by atoms with van der Waals surface area (Å²) >= 11 is 0. The van der Waals surface area contributed by atoms with Crippen LogP contribution < -0.4 is 5.32 Å². The number of benzene rings is 1. The van der Waals surface area contributed by atoms with Crippen molar-refractivity contribution < 1.29 is 0 Å². The lowest BCUT2D eigenvalue weighted by atomic mass is 10.2. The van der Waals surface area contributed by atoms with E-state index in [1.807, 2.05) is 6.08 Å². The van der Waals surface area contributed by atoms with Gasteiger partial charge in [-0.05, 0) is 26.3 Å². The Kier molecular flexibility index (Phi) is 4.15. The Hall–Kier alpha value is -1.61. The van der Waals surface area contributed by atoms with E-state index in [-0.39, 0.29) is 0 Å². The molecule has 2 rings (SSSR count). The molecular formula is C15H21N3. The predicted molar refractivity (Wildman–Crippen MR) is 76.5 cm³/mol. The maximum absolute atomic E-state index is 4.67. The number of aryl methyl sites for hydroxylation is 1. The zero-order valence-electron chi connectivity index (χ0n) is 11.2. The zero-order chi connectivity index (χ0) is 13.0. The van der Waals surface area contributed by atoms with E-state index in [4.69, 9.17) is 0 Å². The highest BCUT2D eigenvalue weighted by atomic mass is 15.3. The first kappa shape index (κ1) is 12.8. The van der Waals surface area contributed by atoms with Crippen molar-refractivity contribution in [3.05, 3.63) is 42.6 Å². The first-order valence-corrected chi connectivity index (χ1v) is 6.55. The number of hydrogen-bond acceptors (Lipinski definition) is 2. The molecule has 1 atom stereocenters. The molecule has 1 unspecified atom stereocenters. The lowest BCUT2D eigenvalue weighted by Gasteiger charge is -2.09. The van der Waals surface area contributed by atoms with Crippen molar-refractivity contribution in [3.63, 3.8) is 0 Å². The summed E-state index contributed by atoms with van der Waals surface area (Å²) in [5, 5.41) is 9.40. The smallest absolute Gasteiger partial charge is 0.0841 e. The SMILES string of the molecule is C=CCC(C)NCc1nn(CC)c2ccccc12. The van der Waals surface area contributed by atoms with Gasteiger partial charge >= 0.3 is 0 Å². The van der Waals surface area contributed by atoms with Gasteiger partial charge in [0.25, 0.3) is 0 Å². The van der Waals surface area contributed by atoms with Crippen LogP contribution in [0.1, 0.15) is 26.0 Å². The van der Waals surface area contributed by atoms with Gasteiger partial charge in [-0.15, -0.1) is 6.58 Å². The third-order valence-corrected chi connectivity index (χ3v) is 3.17. The second-order valence-electron chi connectivity index (χ2n) is 4.59. The number of nitrogens with zero attached hydrogens (tertiary/aromatic N) is 2. The molecular weight excluding hydrogens is 222 g/mol. The van der Waals surface area contributed by atoms with Crippen LogP contribution >= 0.6 is 0 Å². The highest BCUT2D eigenvalue weighted by Gasteiger charge is 2.09. The highest BCUT2D eigenvalue weighted by Crippen LogP contribution is 2.18. The maximum atomic E-state index is 4.67. The summed E-state index contributed by atoms with van der Waals surface area (Å²) in [5.74, 6) is 0. The topological polar surface area (TPSA) is 29.9 Å². The van der Waals surface area contributed by atoms with Crippen molar-refractivity contribution in [3.8, 4) is 0 Å². The summed E-state index contributed by atoms with van der Waals surface area (Å²) in [6.07, 6.45) is 2.92. The second-order valence-corrected chi connectivity index (χ2v) is 4.59. The van der Waals surface area contributed by atoms with Gasteiger partial charge in [-0.3, -0.25) is 4.68 Å². The maximum Gasteiger partial charge on any atom is 0.0841 e. The molecule has 0 radical (unpaired) electrons. The van der Waals surface area contributed by atoms with Crippen LogP contribution in [-0.4, -0.2) is 15.8 Å². The number of nitrogens with one attached hydrogen (secondary N) is 1. The van der Waals surface area contributed by atoms with E-state index in [1.54, 1.807) is 0 Å². The highest BCUT2D eigenvalue weighted by molar-refractivity contribution is 5.81. The van der Waals surface area contributed by atoms with Crippen LogP contribution in [0.25, 0.3) is 10.9 Å². The lowest BCUT2D eigenvalue weighted by molar-refractivity contribution is 0.541. The van der Waals surface area contributed by atoms with Gasteiger partial charge in [0.05, 0.1) is 11.2 Å². The Bertz CT molecular complexity index is 528. The van der Waals surface area contributed by atoms with Gasteiger partial charge in [0.2, 0.25) is 0 Å². The Morgan fingerprint density at radius 3 is 2.94 bits per heavy atom. The molecule has 1 aromatic carbocycles.